The Balaban J connectivity index is 2.04. The summed E-state index contributed by atoms with van der Waals surface area (Å²) in [6.07, 6.45) is 0. The normalized spacial score (nSPS) is 11.1. The van der Waals surface area contributed by atoms with Crippen LogP contribution in [-0.4, -0.2) is 14.3 Å². The van der Waals surface area contributed by atoms with Crippen molar-refractivity contribution in [3.05, 3.63) is 92.6 Å². The average molecular weight is 331 g/mol. The van der Waals surface area contributed by atoms with Gasteiger partial charge in [-0.25, -0.2) is 4.68 Å². The van der Waals surface area contributed by atoms with Crippen LogP contribution in [0.5, 0.6) is 0 Å². The molecule has 0 fully saturated rings. The van der Waals surface area contributed by atoms with Crippen LogP contribution in [-0.2, 0) is 0 Å². The fourth-order valence-corrected chi connectivity index (χ4v) is 3.22. The van der Waals surface area contributed by atoms with Gasteiger partial charge < -0.3 is 0 Å². The number of aryl methyl sites for hydroxylation is 2. The Bertz CT molecular complexity index is 1200. The Labute approximate surface area is 143 Å². The molecule has 0 spiro atoms. The zero-order chi connectivity index (χ0) is 17.6. The summed E-state index contributed by atoms with van der Waals surface area (Å²) in [5, 5.41) is 3.58. The van der Waals surface area contributed by atoms with E-state index in [0.717, 1.165) is 16.9 Å². The van der Waals surface area contributed by atoms with Crippen LogP contribution in [0.3, 0.4) is 0 Å². The van der Waals surface area contributed by atoms with Gasteiger partial charge in [0.25, 0.3) is 11.1 Å². The smallest absolute Gasteiger partial charge is 0.280 e. The first-order valence-corrected chi connectivity index (χ1v) is 8.06. The first-order valence-electron chi connectivity index (χ1n) is 8.06. The number of hydrogen-bond acceptors (Lipinski definition) is 2. The Kier molecular flexibility index (Phi) is 3.42. The van der Waals surface area contributed by atoms with Crippen LogP contribution in [0.25, 0.3) is 22.3 Å². The molecule has 0 aliphatic rings. The quantitative estimate of drug-likeness (QED) is 0.613. The maximum absolute atomic E-state index is 13.0. The van der Waals surface area contributed by atoms with Crippen LogP contribution < -0.4 is 11.1 Å². The number of aromatic amines is 1. The van der Waals surface area contributed by atoms with Crippen LogP contribution >= 0.6 is 0 Å². The number of rotatable bonds is 2. The van der Waals surface area contributed by atoms with Crippen molar-refractivity contribution < 1.29 is 0 Å². The summed E-state index contributed by atoms with van der Waals surface area (Å²) in [6, 6.07) is 18.5. The van der Waals surface area contributed by atoms with E-state index in [4.69, 9.17) is 0 Å². The van der Waals surface area contributed by atoms with Crippen molar-refractivity contribution in [2.24, 2.45) is 0 Å². The lowest BCUT2D eigenvalue weighted by Gasteiger charge is -2.09. The van der Waals surface area contributed by atoms with Gasteiger partial charge in [0.2, 0.25) is 0 Å². The summed E-state index contributed by atoms with van der Waals surface area (Å²) in [6.45, 7) is 3.77. The van der Waals surface area contributed by atoms with Crippen molar-refractivity contribution >= 4 is 10.9 Å². The summed E-state index contributed by atoms with van der Waals surface area (Å²) in [4.78, 5) is 25.6. The van der Waals surface area contributed by atoms with Gasteiger partial charge in [-0.15, -0.1) is 0 Å². The van der Waals surface area contributed by atoms with Crippen molar-refractivity contribution in [1.82, 2.24) is 14.3 Å². The third-order valence-electron chi connectivity index (χ3n) is 4.38. The first kappa shape index (κ1) is 15.2. The van der Waals surface area contributed by atoms with Gasteiger partial charge in [-0.3, -0.25) is 19.3 Å². The SMILES string of the molecule is Cc1cccc(-n2[nH]c3cc(=O)n(-c4ccccc4)c(C)c3c2=O)c1. The highest BCUT2D eigenvalue weighted by Crippen LogP contribution is 2.17. The maximum atomic E-state index is 13.0. The summed E-state index contributed by atoms with van der Waals surface area (Å²) in [5.41, 5.74) is 3.39. The monoisotopic (exact) mass is 331 g/mol. The summed E-state index contributed by atoms with van der Waals surface area (Å²) < 4.78 is 3.05. The molecule has 5 nitrogen and oxygen atoms in total. The third-order valence-corrected chi connectivity index (χ3v) is 4.38. The van der Waals surface area contributed by atoms with Crippen molar-refractivity contribution in [2.75, 3.05) is 0 Å². The number of para-hydroxylation sites is 1. The Morgan fingerprint density at radius 1 is 0.840 bits per heavy atom. The van der Waals surface area contributed by atoms with E-state index in [-0.39, 0.29) is 11.1 Å². The minimum absolute atomic E-state index is 0.164. The van der Waals surface area contributed by atoms with E-state index in [2.05, 4.69) is 5.10 Å². The molecule has 124 valence electrons. The number of H-pyrrole nitrogens is 1. The lowest BCUT2D eigenvalue weighted by atomic mass is 10.2. The zero-order valence-electron chi connectivity index (χ0n) is 14.0. The van der Waals surface area contributed by atoms with E-state index < -0.39 is 0 Å². The molecular weight excluding hydrogens is 314 g/mol. The van der Waals surface area contributed by atoms with Crippen molar-refractivity contribution in [3.63, 3.8) is 0 Å². The fraction of sp³-hybridized carbons (Fsp3) is 0.100. The number of fused-ring (bicyclic) bond motifs is 1. The van der Waals surface area contributed by atoms with E-state index >= 15 is 0 Å². The largest absolute Gasteiger partial charge is 0.290 e. The van der Waals surface area contributed by atoms with Gasteiger partial charge in [-0.2, -0.15) is 0 Å². The van der Waals surface area contributed by atoms with Gasteiger partial charge in [0, 0.05) is 17.4 Å². The van der Waals surface area contributed by atoms with Gasteiger partial charge >= 0.3 is 0 Å². The van der Waals surface area contributed by atoms with Gasteiger partial charge in [0.1, 0.15) is 0 Å². The summed E-state index contributed by atoms with van der Waals surface area (Å²) in [7, 11) is 0. The van der Waals surface area contributed by atoms with Gasteiger partial charge in [0.05, 0.1) is 16.6 Å². The molecule has 0 aliphatic heterocycles. The summed E-state index contributed by atoms with van der Waals surface area (Å²) >= 11 is 0. The highest BCUT2D eigenvalue weighted by Gasteiger charge is 2.15. The molecule has 0 atom stereocenters. The van der Waals surface area contributed by atoms with Crippen LogP contribution in [0.4, 0.5) is 0 Å². The van der Waals surface area contributed by atoms with E-state index in [1.54, 1.807) is 11.5 Å². The molecule has 5 heteroatoms. The second-order valence-corrected chi connectivity index (χ2v) is 6.12. The number of aromatic nitrogens is 3. The Morgan fingerprint density at radius 3 is 2.28 bits per heavy atom. The number of nitrogens with one attached hydrogen (secondary N) is 1. The van der Waals surface area contributed by atoms with Crippen LogP contribution in [0.15, 0.2) is 70.3 Å². The number of nitrogens with zero attached hydrogens (tertiary/aromatic N) is 2. The first-order chi connectivity index (χ1) is 12.1. The van der Waals surface area contributed by atoms with E-state index in [9.17, 15) is 9.59 Å². The Morgan fingerprint density at radius 2 is 1.56 bits per heavy atom. The molecule has 0 unspecified atom stereocenters. The lowest BCUT2D eigenvalue weighted by Crippen LogP contribution is -2.21. The molecule has 4 rings (SSSR count). The zero-order valence-corrected chi connectivity index (χ0v) is 14.0. The second kappa shape index (κ2) is 5.63. The molecule has 0 bridgehead atoms. The molecule has 2 aromatic carbocycles. The van der Waals surface area contributed by atoms with Crippen molar-refractivity contribution in [2.45, 2.75) is 13.8 Å². The topological polar surface area (TPSA) is 59.8 Å². The molecule has 2 aromatic heterocycles. The maximum Gasteiger partial charge on any atom is 0.280 e. The molecule has 2 heterocycles. The molecule has 0 saturated heterocycles. The molecule has 25 heavy (non-hydrogen) atoms. The molecule has 0 amide bonds. The molecular formula is C20H17N3O2. The van der Waals surface area contributed by atoms with Crippen LogP contribution in [0.1, 0.15) is 11.3 Å². The second-order valence-electron chi connectivity index (χ2n) is 6.12. The molecule has 4 aromatic rings. The van der Waals surface area contributed by atoms with Crippen LogP contribution in [0.2, 0.25) is 0 Å². The fourth-order valence-electron chi connectivity index (χ4n) is 3.22. The lowest BCUT2D eigenvalue weighted by molar-refractivity contribution is 0.862. The third kappa shape index (κ3) is 2.41. The van der Waals surface area contributed by atoms with E-state index in [1.165, 1.54) is 10.7 Å². The van der Waals surface area contributed by atoms with Gasteiger partial charge in [0.15, 0.2) is 0 Å². The highest BCUT2D eigenvalue weighted by molar-refractivity contribution is 5.81. The standard InChI is InChI=1S/C20H17N3O2/c1-13-7-6-10-16(11-13)23-20(25)19-14(2)22(15-8-4-3-5-9-15)18(24)12-17(19)21-23/h3-12,21H,1-2H3. The minimum atomic E-state index is -0.172. The predicted octanol–water partition coefficient (Wildman–Crippen LogP) is 3.09. The minimum Gasteiger partial charge on any atom is -0.290 e. The average Bonchev–Trinajstić information content (AvgIpc) is 2.92. The number of hydrogen-bond donors (Lipinski definition) is 1. The van der Waals surface area contributed by atoms with Crippen LogP contribution in [0, 0.1) is 13.8 Å². The highest BCUT2D eigenvalue weighted by atomic mass is 16.1. The van der Waals surface area contributed by atoms with E-state index in [1.807, 2.05) is 61.5 Å². The molecule has 1 N–H and O–H groups in total. The molecule has 0 radical (unpaired) electrons. The van der Waals surface area contributed by atoms with Gasteiger partial charge in [-0.1, -0.05) is 30.3 Å². The molecule has 0 aliphatic carbocycles. The molecule has 0 saturated carbocycles. The number of pyridine rings is 1. The Hall–Kier alpha value is -3.34. The van der Waals surface area contributed by atoms with Crippen molar-refractivity contribution in [1.29, 1.82) is 0 Å². The van der Waals surface area contributed by atoms with E-state index in [0.29, 0.717) is 16.6 Å². The van der Waals surface area contributed by atoms with Crippen molar-refractivity contribution in [3.8, 4) is 11.4 Å². The predicted molar refractivity (Wildman–Crippen MR) is 99.0 cm³/mol. The number of benzene rings is 2. The summed E-state index contributed by atoms with van der Waals surface area (Å²) in [5.74, 6) is 0. The van der Waals surface area contributed by atoms with Gasteiger partial charge in [-0.05, 0) is 43.7 Å².